The van der Waals surface area contributed by atoms with Crippen LogP contribution in [0.4, 0.5) is 4.39 Å². The van der Waals surface area contributed by atoms with Crippen molar-refractivity contribution in [3.63, 3.8) is 0 Å². The summed E-state index contributed by atoms with van der Waals surface area (Å²) in [7, 11) is 0. The Labute approximate surface area is 125 Å². The van der Waals surface area contributed by atoms with Crippen molar-refractivity contribution in [1.82, 2.24) is 0 Å². The highest BCUT2D eigenvalue weighted by molar-refractivity contribution is 5.42. The topological polar surface area (TPSA) is 29.5 Å². The largest absolute Gasteiger partial charge is 0.491 e. The molecular formula is C18H21FO2. The molecular weight excluding hydrogens is 267 g/mol. The lowest BCUT2D eigenvalue weighted by molar-refractivity contribution is 0.215. The minimum atomic E-state index is -0.790. The minimum absolute atomic E-state index is 0.0756. The number of hydrogen-bond donors (Lipinski definition) is 1. The second-order valence-electron chi connectivity index (χ2n) is 5.59. The van der Waals surface area contributed by atoms with Gasteiger partial charge < -0.3 is 9.84 Å². The molecule has 0 aliphatic rings. The fourth-order valence-electron chi connectivity index (χ4n) is 2.55. The molecule has 3 heteroatoms. The predicted octanol–water partition coefficient (Wildman–Crippen LogP) is 4.31. The summed E-state index contributed by atoms with van der Waals surface area (Å²) in [6.07, 6.45) is -0.715. The Morgan fingerprint density at radius 3 is 2.24 bits per heavy atom. The van der Waals surface area contributed by atoms with Crippen LogP contribution in [0.25, 0.3) is 0 Å². The van der Waals surface area contributed by atoms with E-state index in [2.05, 4.69) is 0 Å². The molecule has 0 radical (unpaired) electrons. The third kappa shape index (κ3) is 3.61. The Kier molecular flexibility index (Phi) is 4.63. The molecule has 0 aliphatic heterocycles. The van der Waals surface area contributed by atoms with E-state index < -0.39 is 6.10 Å². The van der Waals surface area contributed by atoms with Gasteiger partial charge in [0.05, 0.1) is 6.10 Å². The van der Waals surface area contributed by atoms with Crippen LogP contribution in [-0.4, -0.2) is 11.2 Å². The smallest absolute Gasteiger partial charge is 0.123 e. The van der Waals surface area contributed by atoms with E-state index in [0.717, 1.165) is 28.0 Å². The SMILES string of the molecule is Cc1cc(F)cc(C)c1C(O)c1cccc(OC(C)C)c1. The van der Waals surface area contributed by atoms with Crippen LogP contribution in [0.15, 0.2) is 36.4 Å². The van der Waals surface area contributed by atoms with Crippen molar-refractivity contribution in [2.45, 2.75) is 39.9 Å². The quantitative estimate of drug-likeness (QED) is 0.908. The molecule has 2 aromatic carbocycles. The van der Waals surface area contributed by atoms with Gasteiger partial charge >= 0.3 is 0 Å². The van der Waals surface area contributed by atoms with E-state index in [1.54, 1.807) is 0 Å². The highest BCUT2D eigenvalue weighted by atomic mass is 19.1. The summed E-state index contributed by atoms with van der Waals surface area (Å²) in [6.45, 7) is 7.53. The number of aliphatic hydroxyl groups is 1. The van der Waals surface area contributed by atoms with Gasteiger partial charge in [-0.25, -0.2) is 4.39 Å². The van der Waals surface area contributed by atoms with Crippen LogP contribution in [0.1, 0.15) is 42.2 Å². The molecule has 0 aliphatic carbocycles. The van der Waals surface area contributed by atoms with Gasteiger partial charge in [0, 0.05) is 0 Å². The van der Waals surface area contributed by atoms with E-state index in [1.165, 1.54) is 12.1 Å². The molecule has 0 heterocycles. The van der Waals surface area contributed by atoms with Gasteiger partial charge in [-0.3, -0.25) is 0 Å². The maximum Gasteiger partial charge on any atom is 0.123 e. The van der Waals surface area contributed by atoms with Gasteiger partial charge in [-0.15, -0.1) is 0 Å². The number of benzene rings is 2. The van der Waals surface area contributed by atoms with Crippen molar-refractivity contribution < 1.29 is 14.2 Å². The molecule has 0 fully saturated rings. The van der Waals surface area contributed by atoms with Gasteiger partial charge in [0.1, 0.15) is 17.7 Å². The lowest BCUT2D eigenvalue weighted by Gasteiger charge is -2.18. The molecule has 21 heavy (non-hydrogen) atoms. The van der Waals surface area contributed by atoms with Crippen LogP contribution in [0.3, 0.4) is 0 Å². The maximum absolute atomic E-state index is 13.4. The fraction of sp³-hybridized carbons (Fsp3) is 0.333. The van der Waals surface area contributed by atoms with Crippen LogP contribution in [0.5, 0.6) is 5.75 Å². The standard InChI is InChI=1S/C18H21FO2/c1-11(2)21-16-7-5-6-14(10-16)18(20)17-12(3)8-15(19)9-13(17)4/h5-11,18,20H,1-4H3. The Hall–Kier alpha value is -1.87. The Bertz CT molecular complexity index is 612. The average Bonchev–Trinajstić information content (AvgIpc) is 2.36. The maximum atomic E-state index is 13.4. The first-order valence-electron chi connectivity index (χ1n) is 7.10. The molecule has 0 bridgehead atoms. The van der Waals surface area contributed by atoms with Gasteiger partial charge in [-0.05, 0) is 74.2 Å². The lowest BCUT2D eigenvalue weighted by Crippen LogP contribution is -2.08. The van der Waals surface area contributed by atoms with Crippen LogP contribution in [0, 0.1) is 19.7 Å². The third-order valence-electron chi connectivity index (χ3n) is 3.38. The van der Waals surface area contributed by atoms with Gasteiger partial charge in [-0.1, -0.05) is 12.1 Å². The molecule has 1 N–H and O–H groups in total. The van der Waals surface area contributed by atoms with Crippen molar-refractivity contribution in [2.24, 2.45) is 0 Å². The summed E-state index contributed by atoms with van der Waals surface area (Å²) >= 11 is 0. The molecule has 0 aromatic heterocycles. The molecule has 0 amide bonds. The van der Waals surface area contributed by atoms with Crippen molar-refractivity contribution in [1.29, 1.82) is 0 Å². The molecule has 0 spiro atoms. The van der Waals surface area contributed by atoms with Crippen molar-refractivity contribution in [3.8, 4) is 5.75 Å². The van der Waals surface area contributed by atoms with Gasteiger partial charge in [-0.2, -0.15) is 0 Å². The van der Waals surface area contributed by atoms with Crippen LogP contribution in [-0.2, 0) is 0 Å². The monoisotopic (exact) mass is 288 g/mol. The number of aryl methyl sites for hydroxylation is 2. The minimum Gasteiger partial charge on any atom is -0.491 e. The van der Waals surface area contributed by atoms with E-state index in [0.29, 0.717) is 0 Å². The zero-order chi connectivity index (χ0) is 15.6. The number of rotatable bonds is 4. The van der Waals surface area contributed by atoms with Crippen molar-refractivity contribution in [2.75, 3.05) is 0 Å². The Balaban J connectivity index is 2.38. The summed E-state index contributed by atoms with van der Waals surface area (Å²) in [4.78, 5) is 0. The van der Waals surface area contributed by atoms with Crippen LogP contribution >= 0.6 is 0 Å². The van der Waals surface area contributed by atoms with E-state index in [1.807, 2.05) is 52.0 Å². The molecule has 1 unspecified atom stereocenters. The first-order chi connectivity index (χ1) is 9.88. The Morgan fingerprint density at radius 2 is 1.67 bits per heavy atom. The van der Waals surface area contributed by atoms with E-state index in [4.69, 9.17) is 4.74 Å². The fourth-order valence-corrected chi connectivity index (χ4v) is 2.55. The third-order valence-corrected chi connectivity index (χ3v) is 3.38. The van der Waals surface area contributed by atoms with Gasteiger partial charge in [0.25, 0.3) is 0 Å². The highest BCUT2D eigenvalue weighted by Crippen LogP contribution is 2.30. The normalized spacial score (nSPS) is 12.5. The zero-order valence-corrected chi connectivity index (χ0v) is 12.9. The summed E-state index contributed by atoms with van der Waals surface area (Å²) in [5, 5.41) is 10.6. The number of aliphatic hydroxyl groups excluding tert-OH is 1. The summed E-state index contributed by atoms with van der Waals surface area (Å²) in [5.74, 6) is 0.441. The van der Waals surface area contributed by atoms with Crippen LogP contribution < -0.4 is 4.74 Å². The zero-order valence-electron chi connectivity index (χ0n) is 12.9. The number of hydrogen-bond acceptors (Lipinski definition) is 2. The highest BCUT2D eigenvalue weighted by Gasteiger charge is 2.17. The number of halogens is 1. The molecule has 112 valence electrons. The van der Waals surface area contributed by atoms with Crippen molar-refractivity contribution >= 4 is 0 Å². The average molecular weight is 288 g/mol. The summed E-state index contributed by atoms with van der Waals surface area (Å²) < 4.78 is 19.0. The number of ether oxygens (including phenoxy) is 1. The summed E-state index contributed by atoms with van der Waals surface area (Å²) in [5.41, 5.74) is 2.98. The van der Waals surface area contributed by atoms with Crippen LogP contribution in [0.2, 0.25) is 0 Å². The predicted molar refractivity (Wildman–Crippen MR) is 82.1 cm³/mol. The summed E-state index contributed by atoms with van der Waals surface area (Å²) in [6, 6.07) is 10.3. The first kappa shape index (κ1) is 15.5. The first-order valence-corrected chi connectivity index (χ1v) is 7.10. The molecule has 0 saturated carbocycles. The van der Waals surface area contributed by atoms with E-state index >= 15 is 0 Å². The Morgan fingerprint density at radius 1 is 1.05 bits per heavy atom. The molecule has 2 nitrogen and oxygen atoms in total. The molecule has 2 aromatic rings. The second-order valence-corrected chi connectivity index (χ2v) is 5.59. The molecule has 2 rings (SSSR count). The van der Waals surface area contributed by atoms with E-state index in [-0.39, 0.29) is 11.9 Å². The van der Waals surface area contributed by atoms with E-state index in [9.17, 15) is 9.50 Å². The van der Waals surface area contributed by atoms with Crippen molar-refractivity contribution in [3.05, 3.63) is 64.5 Å². The van der Waals surface area contributed by atoms with Gasteiger partial charge in [0.2, 0.25) is 0 Å². The second kappa shape index (κ2) is 6.27. The van der Waals surface area contributed by atoms with Gasteiger partial charge in [0.15, 0.2) is 0 Å². The lowest BCUT2D eigenvalue weighted by atomic mass is 9.93. The molecule has 1 atom stereocenters. The molecule has 0 saturated heterocycles.